The number of ether oxygens (including phenoxy) is 1. The minimum absolute atomic E-state index is 0.0225. The fourth-order valence-electron chi connectivity index (χ4n) is 3.07. The highest BCUT2D eigenvalue weighted by molar-refractivity contribution is 6.28. The average molecular weight is 349 g/mol. The highest BCUT2D eigenvalue weighted by Crippen LogP contribution is 2.30. The normalized spacial score (nSPS) is 20.1. The number of amides is 1. The maximum absolute atomic E-state index is 12.5. The van der Waals surface area contributed by atoms with Crippen LogP contribution in [0.25, 0.3) is 0 Å². The third-order valence-corrected chi connectivity index (χ3v) is 4.56. The molecule has 0 saturated carbocycles. The van der Waals surface area contributed by atoms with E-state index in [1.165, 1.54) is 0 Å². The van der Waals surface area contributed by atoms with Gasteiger partial charge in [0.25, 0.3) is 0 Å². The second kappa shape index (κ2) is 7.73. The van der Waals surface area contributed by atoms with E-state index >= 15 is 0 Å². The van der Waals surface area contributed by atoms with Crippen molar-refractivity contribution in [2.75, 3.05) is 26.7 Å². The van der Waals surface area contributed by atoms with Crippen molar-refractivity contribution in [2.24, 2.45) is 5.92 Å². The number of halogens is 1. The van der Waals surface area contributed by atoms with Crippen LogP contribution in [0.2, 0.25) is 5.22 Å². The Balaban J connectivity index is 1.54. The zero-order valence-electron chi connectivity index (χ0n) is 13.5. The lowest BCUT2D eigenvalue weighted by molar-refractivity contribution is -0.124. The Hall–Kier alpha value is -1.98. The maximum atomic E-state index is 12.5. The van der Waals surface area contributed by atoms with Crippen LogP contribution in [0.5, 0.6) is 5.75 Å². The Labute approximate surface area is 146 Å². The molecule has 1 amide bonds. The van der Waals surface area contributed by atoms with Crippen LogP contribution in [0, 0.1) is 5.92 Å². The van der Waals surface area contributed by atoms with Gasteiger partial charge in [-0.15, -0.1) is 0 Å². The van der Waals surface area contributed by atoms with Crippen molar-refractivity contribution < 1.29 is 13.9 Å². The Morgan fingerprint density at radius 2 is 2.25 bits per heavy atom. The van der Waals surface area contributed by atoms with Crippen LogP contribution in [0.15, 0.2) is 40.8 Å². The van der Waals surface area contributed by atoms with Crippen LogP contribution >= 0.6 is 11.6 Å². The Kier molecular flexibility index (Phi) is 5.43. The van der Waals surface area contributed by atoms with Crippen molar-refractivity contribution in [1.29, 1.82) is 0 Å². The first-order chi connectivity index (χ1) is 11.7. The van der Waals surface area contributed by atoms with Crippen molar-refractivity contribution in [3.63, 3.8) is 0 Å². The molecular formula is C18H21ClN2O3. The molecule has 5 nitrogen and oxygen atoms in total. The van der Waals surface area contributed by atoms with Gasteiger partial charge in [-0.1, -0.05) is 12.1 Å². The molecule has 1 aromatic carbocycles. The number of methoxy groups -OCH3 is 1. The van der Waals surface area contributed by atoms with Crippen LogP contribution in [0.1, 0.15) is 17.2 Å². The molecule has 2 N–H and O–H groups in total. The molecule has 2 atom stereocenters. The summed E-state index contributed by atoms with van der Waals surface area (Å²) < 4.78 is 10.7. The standard InChI is InChI=1S/C18H21ClN2O3/c1-23-13-4-2-3-12(9-13)7-8-21-18(22)15-11-20-10-14(15)16-5-6-17(19)24-16/h2-6,9,14-15,20H,7-8,10-11H2,1H3,(H,21,22)/t14-,15-/m1/s1. The van der Waals surface area contributed by atoms with E-state index in [2.05, 4.69) is 10.6 Å². The van der Waals surface area contributed by atoms with E-state index in [0.29, 0.717) is 18.3 Å². The third kappa shape index (κ3) is 3.91. The molecule has 3 rings (SSSR count). The smallest absolute Gasteiger partial charge is 0.225 e. The van der Waals surface area contributed by atoms with Gasteiger partial charge in [-0.3, -0.25) is 4.79 Å². The van der Waals surface area contributed by atoms with Crippen LogP contribution in [0.3, 0.4) is 0 Å². The molecule has 0 radical (unpaired) electrons. The molecule has 1 saturated heterocycles. The molecule has 1 aromatic heterocycles. The maximum Gasteiger partial charge on any atom is 0.225 e. The van der Waals surface area contributed by atoms with Crippen molar-refractivity contribution in [3.05, 3.63) is 52.9 Å². The fourth-order valence-corrected chi connectivity index (χ4v) is 3.22. The zero-order chi connectivity index (χ0) is 16.9. The number of carbonyl (C=O) groups is 1. The molecule has 128 valence electrons. The number of benzene rings is 1. The number of furan rings is 1. The molecule has 0 unspecified atom stereocenters. The minimum atomic E-state index is -0.141. The van der Waals surface area contributed by atoms with Gasteiger partial charge in [-0.25, -0.2) is 0 Å². The zero-order valence-corrected chi connectivity index (χ0v) is 14.3. The summed E-state index contributed by atoms with van der Waals surface area (Å²) in [5.74, 6) is 1.51. The molecule has 1 aliphatic rings. The molecule has 2 heterocycles. The van der Waals surface area contributed by atoms with E-state index in [-0.39, 0.29) is 17.7 Å². The van der Waals surface area contributed by atoms with Gasteiger partial charge >= 0.3 is 0 Å². The van der Waals surface area contributed by atoms with Crippen molar-refractivity contribution in [2.45, 2.75) is 12.3 Å². The molecule has 0 spiro atoms. The molecule has 1 aliphatic heterocycles. The monoisotopic (exact) mass is 348 g/mol. The predicted octanol–water partition coefficient (Wildman–Crippen LogP) is 2.60. The number of hydrogen-bond acceptors (Lipinski definition) is 4. The molecular weight excluding hydrogens is 328 g/mol. The summed E-state index contributed by atoms with van der Waals surface area (Å²) in [5, 5.41) is 6.63. The van der Waals surface area contributed by atoms with Crippen molar-refractivity contribution in [1.82, 2.24) is 10.6 Å². The molecule has 6 heteroatoms. The molecule has 0 bridgehead atoms. The molecule has 0 aliphatic carbocycles. The van der Waals surface area contributed by atoms with Gasteiger partial charge in [0.2, 0.25) is 5.91 Å². The number of hydrogen-bond donors (Lipinski definition) is 2. The predicted molar refractivity (Wildman–Crippen MR) is 92.5 cm³/mol. The third-order valence-electron chi connectivity index (χ3n) is 4.36. The second-order valence-electron chi connectivity index (χ2n) is 5.91. The average Bonchev–Trinajstić information content (AvgIpc) is 3.23. The summed E-state index contributed by atoms with van der Waals surface area (Å²) in [6.07, 6.45) is 0.764. The number of carbonyl (C=O) groups excluding carboxylic acids is 1. The summed E-state index contributed by atoms with van der Waals surface area (Å²) >= 11 is 5.84. The summed E-state index contributed by atoms with van der Waals surface area (Å²) in [6, 6.07) is 11.4. The lowest BCUT2D eigenvalue weighted by atomic mass is 9.93. The van der Waals surface area contributed by atoms with Crippen LogP contribution in [-0.4, -0.2) is 32.7 Å². The number of rotatable bonds is 6. The summed E-state index contributed by atoms with van der Waals surface area (Å²) in [7, 11) is 1.65. The fraction of sp³-hybridized carbons (Fsp3) is 0.389. The van der Waals surface area contributed by atoms with Gasteiger partial charge in [0.05, 0.1) is 13.0 Å². The summed E-state index contributed by atoms with van der Waals surface area (Å²) in [6.45, 7) is 1.96. The van der Waals surface area contributed by atoms with E-state index < -0.39 is 0 Å². The molecule has 2 aromatic rings. The molecule has 1 fully saturated rings. The number of nitrogens with one attached hydrogen (secondary N) is 2. The first-order valence-corrected chi connectivity index (χ1v) is 8.42. The summed E-state index contributed by atoms with van der Waals surface area (Å²) in [4.78, 5) is 12.5. The van der Waals surface area contributed by atoms with E-state index in [1.807, 2.05) is 30.3 Å². The Morgan fingerprint density at radius 1 is 1.38 bits per heavy atom. The van der Waals surface area contributed by atoms with E-state index in [9.17, 15) is 4.79 Å². The van der Waals surface area contributed by atoms with Gasteiger partial charge in [0, 0.05) is 25.6 Å². The van der Waals surface area contributed by atoms with Crippen LogP contribution < -0.4 is 15.4 Å². The van der Waals surface area contributed by atoms with Crippen molar-refractivity contribution in [3.8, 4) is 5.75 Å². The van der Waals surface area contributed by atoms with E-state index in [0.717, 1.165) is 30.0 Å². The lowest BCUT2D eigenvalue weighted by Gasteiger charge is -2.16. The largest absolute Gasteiger partial charge is 0.497 e. The topological polar surface area (TPSA) is 63.5 Å². The van der Waals surface area contributed by atoms with E-state index in [4.69, 9.17) is 20.8 Å². The highest BCUT2D eigenvalue weighted by atomic mass is 35.5. The first kappa shape index (κ1) is 16.9. The lowest BCUT2D eigenvalue weighted by Crippen LogP contribution is -2.35. The second-order valence-corrected chi connectivity index (χ2v) is 6.28. The van der Waals surface area contributed by atoms with Crippen LogP contribution in [0.4, 0.5) is 0 Å². The highest BCUT2D eigenvalue weighted by Gasteiger charge is 2.35. The van der Waals surface area contributed by atoms with Crippen molar-refractivity contribution >= 4 is 17.5 Å². The Bertz CT molecular complexity index is 701. The minimum Gasteiger partial charge on any atom is -0.497 e. The van der Waals surface area contributed by atoms with Gasteiger partial charge in [0.1, 0.15) is 11.5 Å². The van der Waals surface area contributed by atoms with Gasteiger partial charge in [-0.2, -0.15) is 0 Å². The SMILES string of the molecule is COc1cccc(CCNC(=O)[C@@H]2CNC[C@H]2c2ccc(Cl)o2)c1. The van der Waals surface area contributed by atoms with Crippen LogP contribution in [-0.2, 0) is 11.2 Å². The molecule has 24 heavy (non-hydrogen) atoms. The van der Waals surface area contributed by atoms with Gasteiger partial charge in [-0.05, 0) is 47.9 Å². The van der Waals surface area contributed by atoms with Gasteiger partial charge < -0.3 is 19.8 Å². The first-order valence-electron chi connectivity index (χ1n) is 8.04. The Morgan fingerprint density at radius 3 is 3.00 bits per heavy atom. The quantitative estimate of drug-likeness (QED) is 0.842. The van der Waals surface area contributed by atoms with Gasteiger partial charge in [0.15, 0.2) is 5.22 Å². The summed E-state index contributed by atoms with van der Waals surface area (Å²) in [5.41, 5.74) is 1.13. The van der Waals surface area contributed by atoms with E-state index in [1.54, 1.807) is 13.2 Å².